The molecule has 1 unspecified atom stereocenters. The van der Waals surface area contributed by atoms with Gasteiger partial charge in [0.25, 0.3) is 0 Å². The lowest BCUT2D eigenvalue weighted by Gasteiger charge is -2.28. The van der Waals surface area contributed by atoms with E-state index in [9.17, 15) is 5.11 Å². The van der Waals surface area contributed by atoms with Crippen molar-refractivity contribution in [3.63, 3.8) is 0 Å². The quantitative estimate of drug-likeness (QED) is 0.733. The number of nitrogens with two attached hydrogens (primary N) is 1. The largest absolute Gasteiger partial charge is 0.512 e. The second-order valence-electron chi connectivity index (χ2n) is 5.94. The van der Waals surface area contributed by atoms with Crippen LogP contribution in [0.25, 0.3) is 5.57 Å². The average molecular weight is 305 g/mol. The first-order chi connectivity index (χ1) is 11.2. The van der Waals surface area contributed by atoms with Crippen molar-refractivity contribution in [1.82, 2.24) is 10.2 Å². The third-order valence-electron chi connectivity index (χ3n) is 4.44. The molecule has 0 spiro atoms. The van der Waals surface area contributed by atoms with Crippen LogP contribution in [0.1, 0.15) is 18.4 Å². The fourth-order valence-corrected chi connectivity index (χ4v) is 3.21. The van der Waals surface area contributed by atoms with E-state index < -0.39 is 0 Å². The summed E-state index contributed by atoms with van der Waals surface area (Å²) >= 11 is 0. The van der Waals surface area contributed by atoms with E-state index >= 15 is 0 Å². The minimum atomic E-state index is 0.0557. The van der Waals surface area contributed by atoms with Crippen LogP contribution < -0.4 is 11.1 Å². The standard InChI is InChI=1S/C19H19N3O/c20-17-6-2-1-4-15(17)16-5-3-11-22-12-18(21-19(16)22)13-7-9-14(23)10-8-13/h1-7,9,11-12,19,21,23H,8,10,20H2. The van der Waals surface area contributed by atoms with E-state index in [0.29, 0.717) is 12.2 Å². The van der Waals surface area contributed by atoms with Gasteiger partial charge in [0.05, 0.1) is 11.5 Å². The third kappa shape index (κ3) is 2.42. The zero-order valence-corrected chi connectivity index (χ0v) is 12.7. The Labute approximate surface area is 135 Å². The predicted molar refractivity (Wildman–Crippen MR) is 92.8 cm³/mol. The second-order valence-corrected chi connectivity index (χ2v) is 5.94. The molecule has 3 aliphatic rings. The SMILES string of the molecule is Nc1ccccc1C1=CC=CN2C=C(C3=CC=C(O)CC3)NC12. The maximum absolute atomic E-state index is 9.53. The van der Waals surface area contributed by atoms with Crippen LogP contribution in [0, 0.1) is 0 Å². The molecular weight excluding hydrogens is 286 g/mol. The number of benzene rings is 1. The lowest BCUT2D eigenvalue weighted by Crippen LogP contribution is -2.36. The lowest BCUT2D eigenvalue weighted by atomic mass is 9.98. The molecule has 0 bridgehead atoms. The van der Waals surface area contributed by atoms with Crippen molar-refractivity contribution in [2.75, 3.05) is 5.73 Å². The van der Waals surface area contributed by atoms with E-state index in [0.717, 1.165) is 28.9 Å². The highest BCUT2D eigenvalue weighted by Gasteiger charge is 2.30. The Kier molecular flexibility index (Phi) is 3.23. The van der Waals surface area contributed by atoms with E-state index in [1.165, 1.54) is 5.57 Å². The molecule has 1 atom stereocenters. The van der Waals surface area contributed by atoms with Crippen molar-refractivity contribution in [2.24, 2.45) is 0 Å². The summed E-state index contributed by atoms with van der Waals surface area (Å²) in [6.07, 6.45) is 13.7. The molecule has 0 radical (unpaired) electrons. The summed E-state index contributed by atoms with van der Waals surface area (Å²) in [4.78, 5) is 2.16. The van der Waals surface area contributed by atoms with Gasteiger partial charge in [0, 0.05) is 35.6 Å². The molecule has 0 amide bonds. The molecule has 4 heteroatoms. The van der Waals surface area contributed by atoms with Gasteiger partial charge in [-0.1, -0.05) is 30.4 Å². The molecular formula is C19H19N3O. The Hall–Kier alpha value is -2.88. The minimum absolute atomic E-state index is 0.0557. The molecule has 0 fully saturated rings. The Morgan fingerprint density at radius 3 is 2.78 bits per heavy atom. The van der Waals surface area contributed by atoms with Gasteiger partial charge in [-0.25, -0.2) is 0 Å². The van der Waals surface area contributed by atoms with Crippen LogP contribution in [-0.2, 0) is 0 Å². The van der Waals surface area contributed by atoms with Gasteiger partial charge in [-0.2, -0.15) is 0 Å². The van der Waals surface area contributed by atoms with Gasteiger partial charge in [-0.05, 0) is 30.2 Å². The number of hydrogen-bond acceptors (Lipinski definition) is 4. The number of hydrogen-bond donors (Lipinski definition) is 3. The molecule has 23 heavy (non-hydrogen) atoms. The molecule has 0 saturated heterocycles. The summed E-state index contributed by atoms with van der Waals surface area (Å²) in [6.45, 7) is 0. The van der Waals surface area contributed by atoms with E-state index in [4.69, 9.17) is 5.73 Å². The van der Waals surface area contributed by atoms with Gasteiger partial charge >= 0.3 is 0 Å². The van der Waals surface area contributed by atoms with E-state index in [2.05, 4.69) is 34.8 Å². The van der Waals surface area contributed by atoms with E-state index in [1.807, 2.05) is 30.4 Å². The number of anilines is 1. The minimum Gasteiger partial charge on any atom is -0.512 e. The third-order valence-corrected chi connectivity index (χ3v) is 4.44. The molecule has 0 aromatic heterocycles. The van der Waals surface area contributed by atoms with Crippen LogP contribution >= 0.6 is 0 Å². The van der Waals surface area contributed by atoms with Crippen molar-refractivity contribution < 1.29 is 5.11 Å². The summed E-state index contributed by atoms with van der Waals surface area (Å²) < 4.78 is 0. The Balaban J connectivity index is 1.64. The molecule has 2 heterocycles. The highest BCUT2D eigenvalue weighted by Crippen LogP contribution is 2.34. The lowest BCUT2D eigenvalue weighted by molar-refractivity contribution is 0.385. The summed E-state index contributed by atoms with van der Waals surface area (Å²) in [5, 5.41) is 13.1. The Morgan fingerprint density at radius 2 is 2.00 bits per heavy atom. The molecule has 116 valence electrons. The normalized spacial score (nSPS) is 22.6. The number of para-hydroxylation sites is 1. The number of nitrogens with zero attached hydrogens (tertiary/aromatic N) is 1. The maximum atomic E-state index is 9.53. The van der Waals surface area contributed by atoms with E-state index in [1.54, 1.807) is 6.08 Å². The summed E-state index contributed by atoms with van der Waals surface area (Å²) in [5.41, 5.74) is 11.5. The van der Waals surface area contributed by atoms with Crippen LogP contribution in [0.15, 0.2) is 78.0 Å². The van der Waals surface area contributed by atoms with Gasteiger partial charge < -0.3 is 21.1 Å². The topological polar surface area (TPSA) is 61.5 Å². The monoisotopic (exact) mass is 305 g/mol. The summed E-state index contributed by atoms with van der Waals surface area (Å²) in [5.74, 6) is 0.447. The number of rotatable bonds is 2. The smallest absolute Gasteiger partial charge is 0.130 e. The molecule has 1 aromatic carbocycles. The fraction of sp³-hybridized carbons (Fsp3) is 0.158. The first-order valence-electron chi connectivity index (χ1n) is 7.80. The van der Waals surface area contributed by atoms with Crippen LogP contribution in [0.3, 0.4) is 0 Å². The number of aliphatic hydroxyl groups is 1. The highest BCUT2D eigenvalue weighted by molar-refractivity contribution is 5.80. The van der Waals surface area contributed by atoms with Crippen LogP contribution in [-0.4, -0.2) is 16.2 Å². The fourth-order valence-electron chi connectivity index (χ4n) is 3.21. The highest BCUT2D eigenvalue weighted by atomic mass is 16.3. The van der Waals surface area contributed by atoms with Crippen molar-refractivity contribution in [2.45, 2.75) is 19.0 Å². The molecule has 4 rings (SSSR count). The van der Waals surface area contributed by atoms with Gasteiger partial charge in [0.1, 0.15) is 6.17 Å². The molecule has 1 aromatic rings. The van der Waals surface area contributed by atoms with Crippen molar-refractivity contribution >= 4 is 11.3 Å². The van der Waals surface area contributed by atoms with Crippen LogP contribution in [0.4, 0.5) is 5.69 Å². The van der Waals surface area contributed by atoms with Gasteiger partial charge in [-0.3, -0.25) is 0 Å². The average Bonchev–Trinajstić information content (AvgIpc) is 3.00. The number of nitrogens with one attached hydrogen (secondary N) is 1. The molecule has 0 saturated carbocycles. The predicted octanol–water partition coefficient (Wildman–Crippen LogP) is 3.41. The maximum Gasteiger partial charge on any atom is 0.130 e. The van der Waals surface area contributed by atoms with Crippen LogP contribution in [0.5, 0.6) is 0 Å². The zero-order chi connectivity index (χ0) is 15.8. The molecule has 1 aliphatic carbocycles. The molecule has 2 aliphatic heterocycles. The number of allylic oxidation sites excluding steroid dienone is 6. The van der Waals surface area contributed by atoms with E-state index in [-0.39, 0.29) is 6.17 Å². The van der Waals surface area contributed by atoms with Gasteiger partial charge in [0.2, 0.25) is 0 Å². The number of fused-ring (bicyclic) bond motifs is 1. The second kappa shape index (κ2) is 5.39. The van der Waals surface area contributed by atoms with Gasteiger partial charge in [0.15, 0.2) is 0 Å². The number of aliphatic hydroxyl groups excluding tert-OH is 1. The van der Waals surface area contributed by atoms with Crippen LogP contribution in [0.2, 0.25) is 0 Å². The molecule has 4 nitrogen and oxygen atoms in total. The molecule has 4 N–H and O–H groups in total. The van der Waals surface area contributed by atoms with Gasteiger partial charge in [-0.15, -0.1) is 0 Å². The summed E-state index contributed by atoms with van der Waals surface area (Å²) in [7, 11) is 0. The Morgan fingerprint density at radius 1 is 1.13 bits per heavy atom. The summed E-state index contributed by atoms with van der Waals surface area (Å²) in [6, 6.07) is 7.95. The first-order valence-corrected chi connectivity index (χ1v) is 7.80. The Bertz CT molecular complexity index is 799. The first kappa shape index (κ1) is 13.8. The zero-order valence-electron chi connectivity index (χ0n) is 12.7. The van der Waals surface area contributed by atoms with Crippen molar-refractivity contribution in [1.29, 1.82) is 0 Å². The van der Waals surface area contributed by atoms with Crippen molar-refractivity contribution in [3.8, 4) is 0 Å². The number of nitrogen functional groups attached to an aromatic ring is 1. The van der Waals surface area contributed by atoms with Crippen molar-refractivity contribution in [3.05, 3.63) is 83.6 Å².